The molecule has 0 bridgehead atoms. The molecule has 2 aromatic rings. The summed E-state index contributed by atoms with van der Waals surface area (Å²) in [5.74, 6) is -1.14. The number of hydrogen-bond acceptors (Lipinski definition) is 6. The van der Waals surface area contributed by atoms with Gasteiger partial charge in [0.25, 0.3) is 5.91 Å². The molecule has 0 saturated carbocycles. The molecule has 0 radical (unpaired) electrons. The van der Waals surface area contributed by atoms with Crippen LogP contribution in [0.15, 0.2) is 22.6 Å². The molecule has 0 spiro atoms. The number of likely N-dealkylation sites (tertiary alicyclic amines) is 1. The number of imide groups is 1. The highest BCUT2D eigenvalue weighted by atomic mass is 35.5. The van der Waals surface area contributed by atoms with E-state index in [2.05, 4.69) is 15.5 Å². The molecule has 10 heteroatoms. The van der Waals surface area contributed by atoms with Crippen LogP contribution in [0.2, 0.25) is 10.0 Å². The summed E-state index contributed by atoms with van der Waals surface area (Å²) in [4.78, 5) is 36.3. The smallest absolute Gasteiger partial charge is 0.322 e. The lowest BCUT2D eigenvalue weighted by atomic mass is 10.2. The molecular formula is C14H10Cl2N4O4. The molecule has 1 saturated heterocycles. The highest BCUT2D eigenvalue weighted by Crippen LogP contribution is 2.22. The van der Waals surface area contributed by atoms with Gasteiger partial charge in [0, 0.05) is 17.9 Å². The largest absolute Gasteiger partial charge is 0.406 e. The first kappa shape index (κ1) is 16.4. The third-order valence-electron chi connectivity index (χ3n) is 3.31. The Bertz CT molecular complexity index is 820. The first-order chi connectivity index (χ1) is 11.4. The van der Waals surface area contributed by atoms with Gasteiger partial charge >= 0.3 is 6.01 Å². The lowest BCUT2D eigenvalue weighted by molar-refractivity contribution is -0.139. The van der Waals surface area contributed by atoms with E-state index in [1.807, 2.05) is 0 Å². The standard InChI is InChI=1S/C14H10Cl2N4O4/c15-7-1-2-9(16)8(5-7)13(23)17-14-19-18-10(24-14)6-20-11(21)3-4-12(20)22/h1-2,5H,3-4,6H2,(H,17,19,23). The van der Waals surface area contributed by atoms with Crippen molar-refractivity contribution in [1.82, 2.24) is 15.1 Å². The van der Waals surface area contributed by atoms with Crippen molar-refractivity contribution in [1.29, 1.82) is 0 Å². The molecular weight excluding hydrogens is 359 g/mol. The van der Waals surface area contributed by atoms with Gasteiger partial charge in [-0.15, -0.1) is 5.10 Å². The molecule has 1 aliphatic rings. The number of benzene rings is 1. The van der Waals surface area contributed by atoms with Gasteiger partial charge in [-0.25, -0.2) is 0 Å². The summed E-state index contributed by atoms with van der Waals surface area (Å²) in [6, 6.07) is 4.26. The number of aromatic nitrogens is 2. The van der Waals surface area contributed by atoms with Crippen molar-refractivity contribution in [3.63, 3.8) is 0 Å². The molecule has 3 rings (SSSR count). The zero-order valence-electron chi connectivity index (χ0n) is 12.1. The molecule has 1 aromatic heterocycles. The summed E-state index contributed by atoms with van der Waals surface area (Å²) >= 11 is 11.8. The second kappa shape index (κ2) is 6.58. The SMILES string of the molecule is O=C(Nc1nnc(CN2C(=O)CCC2=O)o1)c1cc(Cl)ccc1Cl. The van der Waals surface area contributed by atoms with Gasteiger partial charge in [-0.1, -0.05) is 28.3 Å². The Balaban J connectivity index is 1.70. The van der Waals surface area contributed by atoms with Crippen molar-refractivity contribution >= 4 is 46.9 Å². The van der Waals surface area contributed by atoms with Crippen LogP contribution in [0.1, 0.15) is 29.1 Å². The van der Waals surface area contributed by atoms with Gasteiger partial charge in [0.05, 0.1) is 10.6 Å². The van der Waals surface area contributed by atoms with Crippen molar-refractivity contribution < 1.29 is 18.8 Å². The summed E-state index contributed by atoms with van der Waals surface area (Å²) in [7, 11) is 0. The van der Waals surface area contributed by atoms with Crippen molar-refractivity contribution in [3.05, 3.63) is 39.7 Å². The Morgan fingerprint density at radius 2 is 1.92 bits per heavy atom. The monoisotopic (exact) mass is 368 g/mol. The van der Waals surface area contributed by atoms with E-state index in [-0.39, 0.29) is 53.7 Å². The highest BCUT2D eigenvalue weighted by molar-refractivity contribution is 6.36. The average molecular weight is 369 g/mol. The fraction of sp³-hybridized carbons (Fsp3) is 0.214. The van der Waals surface area contributed by atoms with Crippen LogP contribution in [0.3, 0.4) is 0 Å². The van der Waals surface area contributed by atoms with Crippen LogP contribution in [-0.4, -0.2) is 32.8 Å². The first-order valence-electron chi connectivity index (χ1n) is 6.86. The molecule has 0 unspecified atom stereocenters. The second-order valence-corrected chi connectivity index (χ2v) is 5.80. The van der Waals surface area contributed by atoms with Crippen LogP contribution in [0.5, 0.6) is 0 Å². The van der Waals surface area contributed by atoms with E-state index >= 15 is 0 Å². The number of nitrogens with zero attached hydrogens (tertiary/aromatic N) is 3. The third kappa shape index (κ3) is 3.39. The lowest BCUT2D eigenvalue weighted by Crippen LogP contribution is -2.28. The van der Waals surface area contributed by atoms with E-state index in [1.54, 1.807) is 6.07 Å². The number of rotatable bonds is 4. The summed E-state index contributed by atoms with van der Waals surface area (Å²) in [5.41, 5.74) is 0.147. The van der Waals surface area contributed by atoms with Crippen molar-refractivity contribution in [2.75, 3.05) is 5.32 Å². The third-order valence-corrected chi connectivity index (χ3v) is 3.87. The van der Waals surface area contributed by atoms with Gasteiger partial charge in [-0.05, 0) is 18.2 Å². The maximum absolute atomic E-state index is 12.1. The summed E-state index contributed by atoms with van der Waals surface area (Å²) in [6.45, 7) is -0.127. The maximum Gasteiger partial charge on any atom is 0.322 e. The minimum absolute atomic E-state index is 0.0334. The summed E-state index contributed by atoms with van der Waals surface area (Å²) < 4.78 is 5.23. The zero-order chi connectivity index (χ0) is 17.3. The Morgan fingerprint density at radius 3 is 2.62 bits per heavy atom. The number of anilines is 1. The number of nitrogens with one attached hydrogen (secondary N) is 1. The van der Waals surface area contributed by atoms with Gasteiger partial charge < -0.3 is 4.42 Å². The molecule has 24 heavy (non-hydrogen) atoms. The molecule has 0 atom stereocenters. The normalized spacial score (nSPS) is 14.3. The maximum atomic E-state index is 12.1. The predicted molar refractivity (Wildman–Crippen MR) is 83.5 cm³/mol. The summed E-state index contributed by atoms with van der Waals surface area (Å²) in [5, 5.41) is 10.3. The lowest BCUT2D eigenvalue weighted by Gasteiger charge is -2.09. The van der Waals surface area contributed by atoms with Crippen LogP contribution in [0.25, 0.3) is 0 Å². The quantitative estimate of drug-likeness (QED) is 0.829. The van der Waals surface area contributed by atoms with E-state index in [1.165, 1.54) is 12.1 Å². The molecule has 0 aliphatic carbocycles. The average Bonchev–Trinajstić information content (AvgIpc) is 3.11. The number of amides is 3. The minimum Gasteiger partial charge on any atom is -0.406 e. The Hall–Kier alpha value is -2.45. The number of carbonyl (C=O) groups is 3. The molecule has 1 aromatic carbocycles. The predicted octanol–water partition coefficient (Wildman–Crippen LogP) is 2.28. The van der Waals surface area contributed by atoms with Crippen LogP contribution < -0.4 is 5.32 Å². The van der Waals surface area contributed by atoms with Crippen LogP contribution >= 0.6 is 23.2 Å². The van der Waals surface area contributed by atoms with E-state index in [0.717, 1.165) is 4.90 Å². The fourth-order valence-corrected chi connectivity index (χ4v) is 2.51. The molecule has 1 aliphatic heterocycles. The van der Waals surface area contributed by atoms with Crippen molar-refractivity contribution in [3.8, 4) is 0 Å². The molecule has 2 heterocycles. The number of carbonyl (C=O) groups excluding carboxylic acids is 3. The number of hydrogen-bond donors (Lipinski definition) is 1. The van der Waals surface area contributed by atoms with Gasteiger partial charge in [0.1, 0.15) is 6.54 Å². The Morgan fingerprint density at radius 1 is 1.21 bits per heavy atom. The Kier molecular flexibility index (Phi) is 4.50. The van der Waals surface area contributed by atoms with E-state index in [4.69, 9.17) is 27.6 Å². The molecule has 124 valence electrons. The van der Waals surface area contributed by atoms with E-state index in [9.17, 15) is 14.4 Å². The fourth-order valence-electron chi connectivity index (χ4n) is 2.14. The van der Waals surface area contributed by atoms with Gasteiger partial charge in [-0.2, -0.15) is 0 Å². The highest BCUT2D eigenvalue weighted by Gasteiger charge is 2.30. The summed E-state index contributed by atoms with van der Waals surface area (Å²) in [6.07, 6.45) is 0.341. The van der Waals surface area contributed by atoms with E-state index < -0.39 is 5.91 Å². The van der Waals surface area contributed by atoms with Gasteiger partial charge in [0.15, 0.2) is 0 Å². The van der Waals surface area contributed by atoms with Crippen molar-refractivity contribution in [2.24, 2.45) is 0 Å². The van der Waals surface area contributed by atoms with Crippen molar-refractivity contribution in [2.45, 2.75) is 19.4 Å². The topological polar surface area (TPSA) is 105 Å². The molecule has 8 nitrogen and oxygen atoms in total. The first-order valence-corrected chi connectivity index (χ1v) is 7.61. The minimum atomic E-state index is -0.578. The zero-order valence-corrected chi connectivity index (χ0v) is 13.6. The molecule has 1 N–H and O–H groups in total. The van der Waals surface area contributed by atoms with Crippen LogP contribution in [0, 0.1) is 0 Å². The van der Waals surface area contributed by atoms with Crippen LogP contribution in [0.4, 0.5) is 6.01 Å². The van der Waals surface area contributed by atoms with Crippen LogP contribution in [-0.2, 0) is 16.1 Å². The molecule has 1 fully saturated rings. The van der Waals surface area contributed by atoms with Gasteiger partial charge in [0.2, 0.25) is 17.7 Å². The second-order valence-electron chi connectivity index (χ2n) is 4.95. The van der Waals surface area contributed by atoms with Gasteiger partial charge in [-0.3, -0.25) is 24.6 Å². The Labute approximate surface area is 145 Å². The number of halogens is 2. The van der Waals surface area contributed by atoms with E-state index in [0.29, 0.717) is 5.02 Å². The molecule has 3 amide bonds.